The molecule has 8 heteroatoms. The first kappa shape index (κ1) is 22.0. The maximum Gasteiger partial charge on any atom is 0.401 e. The Morgan fingerprint density at radius 2 is 1.80 bits per heavy atom. The normalized spacial score (nSPS) is 12.3. The van der Waals surface area contributed by atoms with E-state index in [4.69, 9.17) is 0 Å². The summed E-state index contributed by atoms with van der Waals surface area (Å²) in [7, 11) is 5.05. The zero-order chi connectivity index (χ0) is 14.9. The van der Waals surface area contributed by atoms with Crippen LogP contribution in [-0.2, 0) is 0 Å². The molecule has 0 aliphatic heterocycles. The van der Waals surface area contributed by atoms with Crippen molar-refractivity contribution >= 4 is 29.9 Å². The van der Waals surface area contributed by atoms with Crippen molar-refractivity contribution in [3.8, 4) is 0 Å². The van der Waals surface area contributed by atoms with Crippen molar-refractivity contribution in [2.45, 2.75) is 25.9 Å². The van der Waals surface area contributed by atoms with E-state index in [2.05, 4.69) is 17.2 Å². The van der Waals surface area contributed by atoms with Gasteiger partial charge in [-0.25, -0.2) is 0 Å². The molecule has 0 radical (unpaired) electrons. The molecule has 0 spiro atoms. The van der Waals surface area contributed by atoms with Crippen molar-refractivity contribution in [1.82, 2.24) is 15.1 Å². The summed E-state index contributed by atoms with van der Waals surface area (Å²) in [5, 5.41) is 3.06. The first-order valence-corrected chi connectivity index (χ1v) is 6.47. The minimum Gasteiger partial charge on any atom is -0.355 e. The van der Waals surface area contributed by atoms with Gasteiger partial charge in [0.15, 0.2) is 5.96 Å². The third-order valence-corrected chi connectivity index (χ3v) is 2.65. The van der Waals surface area contributed by atoms with Crippen LogP contribution in [0.2, 0.25) is 0 Å². The Bertz CT molecular complexity index is 272. The number of hydrogen-bond acceptors (Lipinski definition) is 2. The summed E-state index contributed by atoms with van der Waals surface area (Å²) in [6.45, 7) is 2.86. The molecule has 0 fully saturated rings. The largest absolute Gasteiger partial charge is 0.401 e. The summed E-state index contributed by atoms with van der Waals surface area (Å²) in [4.78, 5) is 7.32. The van der Waals surface area contributed by atoms with Gasteiger partial charge in [0.25, 0.3) is 0 Å². The van der Waals surface area contributed by atoms with Crippen molar-refractivity contribution < 1.29 is 13.2 Å². The average Bonchev–Trinajstić information content (AvgIpc) is 2.29. The van der Waals surface area contributed by atoms with E-state index < -0.39 is 12.7 Å². The van der Waals surface area contributed by atoms with E-state index in [0.717, 1.165) is 19.4 Å². The molecule has 0 saturated heterocycles. The Morgan fingerprint density at radius 3 is 2.25 bits per heavy atom. The lowest BCUT2D eigenvalue weighted by Crippen LogP contribution is -2.43. The highest BCUT2D eigenvalue weighted by Gasteiger charge is 2.28. The molecule has 20 heavy (non-hydrogen) atoms. The van der Waals surface area contributed by atoms with Crippen molar-refractivity contribution in [3.05, 3.63) is 0 Å². The number of guanidine groups is 1. The lowest BCUT2D eigenvalue weighted by atomic mass is 10.3. The Hall–Kier alpha value is -0.250. The molecule has 0 aromatic heterocycles. The minimum atomic E-state index is -4.14. The number of likely N-dealkylation sites (N-methyl/N-ethyl adjacent to an activating group) is 1. The van der Waals surface area contributed by atoms with Crippen LogP contribution in [-0.4, -0.2) is 69.3 Å². The predicted molar refractivity (Wildman–Crippen MR) is 87.9 cm³/mol. The standard InChI is InChI=1S/C12H25F3N4.HI/c1-5-6-8-19(4)11(16-2)17-7-9-18(3)10-12(13,14)15;/h5-10H2,1-4H3,(H,16,17);1H. The molecule has 122 valence electrons. The van der Waals surface area contributed by atoms with Gasteiger partial charge in [0, 0.05) is 33.7 Å². The highest BCUT2D eigenvalue weighted by atomic mass is 127. The van der Waals surface area contributed by atoms with Crippen LogP contribution in [0.1, 0.15) is 19.8 Å². The van der Waals surface area contributed by atoms with Crippen LogP contribution < -0.4 is 5.32 Å². The molecule has 0 aromatic carbocycles. The van der Waals surface area contributed by atoms with Crippen LogP contribution in [0.4, 0.5) is 13.2 Å². The van der Waals surface area contributed by atoms with E-state index in [1.807, 2.05) is 11.9 Å². The van der Waals surface area contributed by atoms with Crippen molar-refractivity contribution in [1.29, 1.82) is 0 Å². The van der Waals surface area contributed by atoms with Crippen LogP contribution >= 0.6 is 24.0 Å². The fourth-order valence-corrected chi connectivity index (χ4v) is 1.63. The summed E-state index contributed by atoms with van der Waals surface area (Å²) >= 11 is 0. The number of hydrogen-bond donors (Lipinski definition) is 1. The summed E-state index contributed by atoms with van der Waals surface area (Å²) in [6.07, 6.45) is -1.99. The third-order valence-electron chi connectivity index (χ3n) is 2.65. The molecule has 0 unspecified atom stereocenters. The van der Waals surface area contributed by atoms with Gasteiger partial charge in [-0.1, -0.05) is 13.3 Å². The molecule has 0 aliphatic rings. The zero-order valence-corrected chi connectivity index (χ0v) is 15.0. The van der Waals surface area contributed by atoms with Gasteiger partial charge in [-0.2, -0.15) is 13.2 Å². The highest BCUT2D eigenvalue weighted by molar-refractivity contribution is 14.0. The number of halogens is 4. The van der Waals surface area contributed by atoms with Gasteiger partial charge < -0.3 is 10.2 Å². The summed E-state index contributed by atoms with van der Waals surface area (Å²) in [5.74, 6) is 0.717. The Morgan fingerprint density at radius 1 is 1.20 bits per heavy atom. The smallest absolute Gasteiger partial charge is 0.355 e. The van der Waals surface area contributed by atoms with Crippen LogP contribution in [0.25, 0.3) is 0 Å². The van der Waals surface area contributed by atoms with Gasteiger partial charge in [-0.3, -0.25) is 9.89 Å². The van der Waals surface area contributed by atoms with E-state index in [9.17, 15) is 13.2 Å². The number of unbranched alkanes of at least 4 members (excludes halogenated alkanes) is 1. The van der Waals surface area contributed by atoms with Gasteiger partial charge in [0.2, 0.25) is 0 Å². The molecule has 0 bridgehead atoms. The summed E-state index contributed by atoms with van der Waals surface area (Å²) in [6, 6.07) is 0. The molecular weight excluding hydrogens is 384 g/mol. The van der Waals surface area contributed by atoms with Gasteiger partial charge in [0.1, 0.15) is 0 Å². The maximum atomic E-state index is 12.1. The number of nitrogens with one attached hydrogen (secondary N) is 1. The van der Waals surface area contributed by atoms with E-state index in [1.165, 1.54) is 11.9 Å². The molecule has 0 aliphatic carbocycles. The predicted octanol–water partition coefficient (Wildman–Crippen LogP) is 2.41. The number of rotatable bonds is 7. The quantitative estimate of drug-likeness (QED) is 0.398. The zero-order valence-electron chi connectivity index (χ0n) is 12.6. The van der Waals surface area contributed by atoms with E-state index >= 15 is 0 Å². The maximum absolute atomic E-state index is 12.1. The van der Waals surface area contributed by atoms with E-state index in [-0.39, 0.29) is 24.0 Å². The first-order chi connectivity index (χ1) is 8.80. The van der Waals surface area contributed by atoms with Crippen molar-refractivity contribution in [3.63, 3.8) is 0 Å². The van der Waals surface area contributed by atoms with Crippen molar-refractivity contribution in [2.75, 3.05) is 47.3 Å². The first-order valence-electron chi connectivity index (χ1n) is 6.47. The Balaban J connectivity index is 0. The molecule has 1 N–H and O–H groups in total. The van der Waals surface area contributed by atoms with Crippen LogP contribution in [0, 0.1) is 0 Å². The molecule has 4 nitrogen and oxygen atoms in total. The molecule has 0 heterocycles. The number of alkyl halides is 3. The van der Waals surface area contributed by atoms with E-state index in [1.54, 1.807) is 7.05 Å². The Labute approximate surface area is 136 Å². The van der Waals surface area contributed by atoms with Crippen molar-refractivity contribution in [2.24, 2.45) is 4.99 Å². The van der Waals surface area contributed by atoms with Crippen LogP contribution in [0.15, 0.2) is 4.99 Å². The van der Waals surface area contributed by atoms with Gasteiger partial charge in [0.05, 0.1) is 6.54 Å². The molecule has 0 saturated carbocycles. The summed E-state index contributed by atoms with van der Waals surface area (Å²) < 4.78 is 36.4. The molecular formula is C12H26F3IN4. The molecule has 0 atom stereocenters. The topological polar surface area (TPSA) is 30.9 Å². The SMILES string of the molecule is CCCCN(C)C(=NC)NCCN(C)CC(F)(F)F.I. The second kappa shape index (κ2) is 11.4. The van der Waals surface area contributed by atoms with Gasteiger partial charge >= 0.3 is 6.18 Å². The fraction of sp³-hybridized carbons (Fsp3) is 0.917. The molecule has 0 amide bonds. The second-order valence-electron chi connectivity index (χ2n) is 4.60. The van der Waals surface area contributed by atoms with Crippen LogP contribution in [0.5, 0.6) is 0 Å². The third kappa shape index (κ3) is 11.6. The monoisotopic (exact) mass is 410 g/mol. The van der Waals surface area contributed by atoms with Crippen LogP contribution in [0.3, 0.4) is 0 Å². The van der Waals surface area contributed by atoms with E-state index in [0.29, 0.717) is 19.0 Å². The minimum absolute atomic E-state index is 0. The average molecular weight is 410 g/mol. The molecule has 0 rings (SSSR count). The number of aliphatic imine (C=N–C) groups is 1. The fourth-order valence-electron chi connectivity index (χ4n) is 1.63. The lowest BCUT2D eigenvalue weighted by Gasteiger charge is -2.23. The highest BCUT2D eigenvalue weighted by Crippen LogP contribution is 2.14. The Kier molecular flexibility index (Phi) is 12.6. The van der Waals surface area contributed by atoms with Gasteiger partial charge in [-0.15, -0.1) is 24.0 Å². The lowest BCUT2D eigenvalue weighted by molar-refractivity contribution is -0.142. The number of nitrogens with zero attached hydrogens (tertiary/aromatic N) is 3. The molecule has 0 aromatic rings. The summed E-state index contributed by atoms with van der Waals surface area (Å²) in [5.41, 5.74) is 0. The van der Waals surface area contributed by atoms with Gasteiger partial charge in [-0.05, 0) is 13.5 Å². The second-order valence-corrected chi connectivity index (χ2v) is 4.60.